The van der Waals surface area contributed by atoms with E-state index < -0.39 is 8.80 Å². The second-order valence-electron chi connectivity index (χ2n) is 3.47. The topological polar surface area (TPSA) is 27.7 Å². The first kappa shape index (κ1) is 13.7. The molecule has 16 heavy (non-hydrogen) atoms. The van der Waals surface area contributed by atoms with Crippen LogP contribution in [0, 0.1) is 0 Å². The summed E-state index contributed by atoms with van der Waals surface area (Å²) in [6.07, 6.45) is 0. The predicted octanol–water partition coefficient (Wildman–Crippen LogP) is 1.76. The minimum Gasteiger partial charge on any atom is -0.373 e. The SMILES string of the molecule is CO[Si](OC)(OC)c1ccc(C(C)S)cc1. The van der Waals surface area contributed by atoms with Gasteiger partial charge in [-0.3, -0.25) is 0 Å². The molecule has 1 aromatic rings. The highest BCUT2D eigenvalue weighted by molar-refractivity contribution is 7.80. The van der Waals surface area contributed by atoms with Gasteiger partial charge in [-0.05, 0) is 12.5 Å². The molecular formula is C11H18O3SSi. The number of hydrogen-bond acceptors (Lipinski definition) is 4. The lowest BCUT2D eigenvalue weighted by Gasteiger charge is -2.24. The Hall–Kier alpha value is -0.333. The van der Waals surface area contributed by atoms with Crippen molar-refractivity contribution in [3.8, 4) is 0 Å². The Morgan fingerprint density at radius 1 is 1.00 bits per heavy atom. The second kappa shape index (κ2) is 5.84. The average Bonchev–Trinajstić information content (AvgIpc) is 2.33. The Kier molecular flexibility index (Phi) is 5.01. The van der Waals surface area contributed by atoms with Gasteiger partial charge < -0.3 is 13.3 Å². The maximum atomic E-state index is 5.40. The van der Waals surface area contributed by atoms with Gasteiger partial charge in [-0.1, -0.05) is 24.3 Å². The lowest BCUT2D eigenvalue weighted by Crippen LogP contribution is -2.54. The molecule has 0 bridgehead atoms. The highest BCUT2D eigenvalue weighted by Gasteiger charge is 2.40. The van der Waals surface area contributed by atoms with Crippen LogP contribution in [0.1, 0.15) is 17.7 Å². The van der Waals surface area contributed by atoms with E-state index in [0.29, 0.717) is 0 Å². The molecular weight excluding hydrogens is 240 g/mol. The molecule has 1 unspecified atom stereocenters. The summed E-state index contributed by atoms with van der Waals surface area (Å²) in [5, 5.41) is 1.18. The van der Waals surface area contributed by atoms with Crippen LogP contribution in [0.2, 0.25) is 0 Å². The van der Waals surface area contributed by atoms with Gasteiger partial charge in [0.2, 0.25) is 0 Å². The number of rotatable bonds is 5. The van der Waals surface area contributed by atoms with Crippen LogP contribution < -0.4 is 5.19 Å². The van der Waals surface area contributed by atoms with Crippen molar-refractivity contribution < 1.29 is 13.3 Å². The molecule has 0 fully saturated rings. The van der Waals surface area contributed by atoms with Gasteiger partial charge in [0, 0.05) is 31.8 Å². The molecule has 3 nitrogen and oxygen atoms in total. The number of hydrogen-bond donors (Lipinski definition) is 1. The molecule has 0 saturated heterocycles. The van der Waals surface area contributed by atoms with Crippen molar-refractivity contribution in [2.75, 3.05) is 21.3 Å². The molecule has 0 radical (unpaired) electrons. The summed E-state index contributed by atoms with van der Waals surface area (Å²) in [5.41, 5.74) is 1.17. The zero-order valence-corrected chi connectivity index (χ0v) is 12.0. The fourth-order valence-electron chi connectivity index (χ4n) is 1.57. The smallest absolute Gasteiger partial charge is 0.373 e. The maximum Gasteiger partial charge on any atom is 0.536 e. The van der Waals surface area contributed by atoms with Crippen LogP contribution in [0.15, 0.2) is 24.3 Å². The third-order valence-corrected chi connectivity index (χ3v) is 5.50. The normalized spacial score (nSPS) is 13.8. The monoisotopic (exact) mass is 258 g/mol. The van der Waals surface area contributed by atoms with Gasteiger partial charge in [-0.15, -0.1) is 0 Å². The fraction of sp³-hybridized carbons (Fsp3) is 0.455. The van der Waals surface area contributed by atoms with E-state index in [1.54, 1.807) is 21.3 Å². The molecule has 0 N–H and O–H groups in total. The van der Waals surface area contributed by atoms with E-state index in [1.807, 2.05) is 31.2 Å². The summed E-state index contributed by atoms with van der Waals surface area (Å²) in [6.45, 7) is 2.03. The van der Waals surface area contributed by atoms with Crippen molar-refractivity contribution in [3.05, 3.63) is 29.8 Å². The van der Waals surface area contributed by atoms with Gasteiger partial charge in [0.1, 0.15) is 0 Å². The van der Waals surface area contributed by atoms with Crippen LogP contribution in [0.4, 0.5) is 0 Å². The van der Waals surface area contributed by atoms with E-state index in [1.165, 1.54) is 5.56 Å². The van der Waals surface area contributed by atoms with E-state index in [0.717, 1.165) is 5.19 Å². The largest absolute Gasteiger partial charge is 0.536 e. The third kappa shape index (κ3) is 2.67. The van der Waals surface area contributed by atoms with Gasteiger partial charge >= 0.3 is 8.80 Å². The highest BCUT2D eigenvalue weighted by Crippen LogP contribution is 2.18. The summed E-state index contributed by atoms with van der Waals surface area (Å²) in [4.78, 5) is 0. The quantitative estimate of drug-likeness (QED) is 0.644. The molecule has 5 heteroatoms. The molecule has 0 saturated carbocycles. The van der Waals surface area contributed by atoms with E-state index in [-0.39, 0.29) is 5.25 Å². The second-order valence-corrected chi connectivity index (χ2v) is 7.16. The summed E-state index contributed by atoms with van der Waals surface area (Å²) >= 11 is 4.38. The van der Waals surface area contributed by atoms with E-state index in [2.05, 4.69) is 12.6 Å². The van der Waals surface area contributed by atoms with E-state index in [9.17, 15) is 0 Å². The number of thiol groups is 1. The predicted molar refractivity (Wildman–Crippen MR) is 70.3 cm³/mol. The summed E-state index contributed by atoms with van der Waals surface area (Å²) < 4.78 is 16.2. The standard InChI is InChI=1S/C11H18O3SSi/c1-9(15)10-5-7-11(8-6-10)16(12-2,13-3)14-4/h5-9,15H,1-4H3. The van der Waals surface area contributed by atoms with Crippen molar-refractivity contribution in [3.63, 3.8) is 0 Å². The van der Waals surface area contributed by atoms with Gasteiger partial charge in [-0.25, -0.2) is 0 Å². The molecule has 0 aliphatic carbocycles. The van der Waals surface area contributed by atoms with Gasteiger partial charge in [0.05, 0.1) is 0 Å². The van der Waals surface area contributed by atoms with Crippen molar-refractivity contribution in [2.24, 2.45) is 0 Å². The Labute approximate surface area is 104 Å². The van der Waals surface area contributed by atoms with Gasteiger partial charge in [0.25, 0.3) is 0 Å². The summed E-state index contributed by atoms with van der Waals surface area (Å²) in [5.74, 6) is 0. The Balaban J connectivity index is 3.03. The molecule has 0 amide bonds. The highest BCUT2D eigenvalue weighted by atomic mass is 32.1. The molecule has 0 aliphatic heterocycles. The lowest BCUT2D eigenvalue weighted by atomic mass is 10.2. The van der Waals surface area contributed by atoms with Crippen molar-refractivity contribution >= 4 is 26.6 Å². The van der Waals surface area contributed by atoms with Crippen LogP contribution in [-0.4, -0.2) is 30.1 Å². The third-order valence-electron chi connectivity index (χ3n) is 2.55. The zero-order chi connectivity index (χ0) is 12.2. The van der Waals surface area contributed by atoms with Crippen LogP contribution >= 0.6 is 12.6 Å². The minimum absolute atomic E-state index is 0.220. The molecule has 0 aliphatic rings. The first-order valence-corrected chi connectivity index (χ1v) is 7.27. The maximum absolute atomic E-state index is 5.40. The zero-order valence-electron chi connectivity index (χ0n) is 10.1. The molecule has 1 atom stereocenters. The average molecular weight is 258 g/mol. The summed E-state index contributed by atoms with van der Waals surface area (Å²) in [6, 6.07) is 7.99. The van der Waals surface area contributed by atoms with Crippen LogP contribution in [0.25, 0.3) is 0 Å². The first-order chi connectivity index (χ1) is 7.59. The first-order valence-electron chi connectivity index (χ1n) is 5.03. The number of benzene rings is 1. The fourth-order valence-corrected chi connectivity index (χ4v) is 3.52. The molecule has 0 spiro atoms. The molecule has 0 heterocycles. The molecule has 1 aromatic carbocycles. The van der Waals surface area contributed by atoms with E-state index in [4.69, 9.17) is 13.3 Å². The van der Waals surface area contributed by atoms with Crippen molar-refractivity contribution in [1.29, 1.82) is 0 Å². The molecule has 0 aromatic heterocycles. The van der Waals surface area contributed by atoms with Gasteiger partial charge in [0.15, 0.2) is 0 Å². The van der Waals surface area contributed by atoms with Crippen LogP contribution in [0.5, 0.6) is 0 Å². The van der Waals surface area contributed by atoms with Crippen LogP contribution in [-0.2, 0) is 13.3 Å². The lowest BCUT2D eigenvalue weighted by molar-refractivity contribution is 0.140. The minimum atomic E-state index is -2.68. The van der Waals surface area contributed by atoms with Crippen molar-refractivity contribution in [1.82, 2.24) is 0 Å². The van der Waals surface area contributed by atoms with E-state index >= 15 is 0 Å². The Bertz CT molecular complexity index is 314. The Morgan fingerprint density at radius 3 is 1.75 bits per heavy atom. The summed E-state index contributed by atoms with van der Waals surface area (Å²) in [7, 11) is 2.14. The van der Waals surface area contributed by atoms with Crippen molar-refractivity contribution in [2.45, 2.75) is 12.2 Å². The van der Waals surface area contributed by atoms with Crippen LogP contribution in [0.3, 0.4) is 0 Å². The van der Waals surface area contributed by atoms with Gasteiger partial charge in [-0.2, -0.15) is 12.6 Å². The molecule has 90 valence electrons. The molecule has 1 rings (SSSR count). The Morgan fingerprint density at radius 2 is 1.44 bits per heavy atom.